The maximum absolute atomic E-state index is 12.5. The van der Waals surface area contributed by atoms with Gasteiger partial charge in [0.1, 0.15) is 5.92 Å². The van der Waals surface area contributed by atoms with Crippen molar-refractivity contribution in [3.63, 3.8) is 0 Å². The summed E-state index contributed by atoms with van der Waals surface area (Å²) >= 11 is 11.8. The monoisotopic (exact) mass is 326 g/mol. The number of carbonyl (C=O) groups is 3. The molecule has 112 valence electrons. The number of carbonyl (C=O) groups excluding carboxylic acids is 3. The number of hydrogen-bond acceptors (Lipinski definition) is 3. The van der Waals surface area contributed by atoms with Crippen molar-refractivity contribution < 1.29 is 14.4 Å². The molecular weight excluding hydrogens is 311 g/mol. The second kappa shape index (κ2) is 6.71. The van der Waals surface area contributed by atoms with E-state index in [0.717, 1.165) is 6.42 Å². The summed E-state index contributed by atoms with van der Waals surface area (Å²) in [6, 6.07) is 4.44. The Morgan fingerprint density at radius 3 is 2.62 bits per heavy atom. The van der Waals surface area contributed by atoms with E-state index in [1.165, 1.54) is 18.2 Å². The average molecular weight is 327 g/mol. The summed E-state index contributed by atoms with van der Waals surface area (Å²) in [6.45, 7) is 1.98. The fourth-order valence-electron chi connectivity index (χ4n) is 2.75. The minimum Gasteiger partial charge on any atom is -0.298 e. The Labute approximate surface area is 133 Å². The van der Waals surface area contributed by atoms with Gasteiger partial charge in [0.2, 0.25) is 0 Å². The molecule has 1 aromatic carbocycles. The van der Waals surface area contributed by atoms with Gasteiger partial charge in [0.05, 0.1) is 5.02 Å². The number of ketones is 3. The number of halogens is 2. The van der Waals surface area contributed by atoms with Crippen LogP contribution in [0.3, 0.4) is 0 Å². The molecule has 1 fully saturated rings. The van der Waals surface area contributed by atoms with E-state index in [4.69, 9.17) is 23.2 Å². The van der Waals surface area contributed by atoms with Crippen LogP contribution in [0.5, 0.6) is 0 Å². The highest BCUT2D eigenvalue weighted by molar-refractivity contribution is 6.38. The van der Waals surface area contributed by atoms with Gasteiger partial charge in [0.15, 0.2) is 17.3 Å². The number of hydrogen-bond donors (Lipinski definition) is 0. The largest absolute Gasteiger partial charge is 0.298 e. The van der Waals surface area contributed by atoms with E-state index in [1.54, 1.807) is 0 Å². The molecule has 0 spiro atoms. The Morgan fingerprint density at radius 2 is 2.00 bits per heavy atom. The fraction of sp³-hybridized carbons (Fsp3) is 0.438. The van der Waals surface area contributed by atoms with E-state index >= 15 is 0 Å². The van der Waals surface area contributed by atoms with Crippen LogP contribution in [0, 0.1) is 11.8 Å². The number of rotatable bonds is 4. The molecule has 0 aliphatic heterocycles. The number of Topliss-reactive ketones (excluding diaryl/α,β-unsaturated/α-hetero) is 3. The number of benzene rings is 1. The maximum Gasteiger partial charge on any atom is 0.182 e. The van der Waals surface area contributed by atoms with E-state index < -0.39 is 11.7 Å². The smallest absolute Gasteiger partial charge is 0.182 e. The van der Waals surface area contributed by atoms with E-state index in [0.29, 0.717) is 17.9 Å². The highest BCUT2D eigenvalue weighted by Crippen LogP contribution is 2.31. The molecule has 1 saturated carbocycles. The topological polar surface area (TPSA) is 51.2 Å². The van der Waals surface area contributed by atoms with Gasteiger partial charge in [-0.3, -0.25) is 14.4 Å². The first-order chi connectivity index (χ1) is 9.95. The molecule has 0 radical (unpaired) electrons. The molecule has 1 aliphatic carbocycles. The third-order valence-electron chi connectivity index (χ3n) is 3.84. The minimum atomic E-state index is -1.20. The normalized spacial score (nSPS) is 22.4. The van der Waals surface area contributed by atoms with Crippen LogP contribution >= 0.6 is 23.2 Å². The van der Waals surface area contributed by atoms with Gasteiger partial charge in [0, 0.05) is 22.9 Å². The van der Waals surface area contributed by atoms with E-state index in [9.17, 15) is 14.4 Å². The van der Waals surface area contributed by atoms with Gasteiger partial charge in [-0.1, -0.05) is 36.5 Å². The Kier molecular flexibility index (Phi) is 5.17. The third kappa shape index (κ3) is 3.35. The van der Waals surface area contributed by atoms with Crippen molar-refractivity contribution in [1.82, 2.24) is 0 Å². The van der Waals surface area contributed by atoms with E-state index in [1.807, 2.05) is 6.92 Å². The quantitative estimate of drug-likeness (QED) is 0.617. The Bertz CT molecular complexity index is 595. The first kappa shape index (κ1) is 16.2. The first-order valence-electron chi connectivity index (χ1n) is 7.01. The fourth-order valence-corrected chi connectivity index (χ4v) is 3.25. The first-order valence-corrected chi connectivity index (χ1v) is 7.77. The van der Waals surface area contributed by atoms with Gasteiger partial charge < -0.3 is 0 Å². The third-order valence-corrected chi connectivity index (χ3v) is 4.39. The van der Waals surface area contributed by atoms with Gasteiger partial charge >= 0.3 is 0 Å². The van der Waals surface area contributed by atoms with Crippen molar-refractivity contribution in [2.24, 2.45) is 11.8 Å². The van der Waals surface area contributed by atoms with Crippen molar-refractivity contribution in [1.29, 1.82) is 0 Å². The van der Waals surface area contributed by atoms with Crippen molar-refractivity contribution in [2.45, 2.75) is 32.6 Å². The highest BCUT2D eigenvalue weighted by Gasteiger charge is 2.41. The zero-order chi connectivity index (χ0) is 15.6. The Balaban J connectivity index is 2.31. The van der Waals surface area contributed by atoms with Crippen LogP contribution in [-0.4, -0.2) is 17.3 Å². The van der Waals surface area contributed by atoms with Gasteiger partial charge in [-0.05, 0) is 31.0 Å². The summed E-state index contributed by atoms with van der Waals surface area (Å²) in [5, 5.41) is 0.576. The second-order valence-corrected chi connectivity index (χ2v) is 6.16. The average Bonchev–Trinajstić information content (AvgIpc) is 2.42. The van der Waals surface area contributed by atoms with Gasteiger partial charge in [-0.2, -0.15) is 0 Å². The molecule has 0 heterocycles. The van der Waals surface area contributed by atoms with Crippen LogP contribution in [0.25, 0.3) is 0 Å². The molecule has 0 bridgehead atoms. The molecule has 0 N–H and O–H groups in total. The molecule has 2 unspecified atom stereocenters. The van der Waals surface area contributed by atoms with Crippen LogP contribution in [0.1, 0.15) is 43.0 Å². The van der Waals surface area contributed by atoms with Crippen LogP contribution in [-0.2, 0) is 9.59 Å². The van der Waals surface area contributed by atoms with Crippen molar-refractivity contribution in [3.05, 3.63) is 33.8 Å². The predicted octanol–water partition coefficient (Wildman–Crippen LogP) is 4.14. The zero-order valence-corrected chi connectivity index (χ0v) is 13.2. The van der Waals surface area contributed by atoms with Gasteiger partial charge in [-0.25, -0.2) is 0 Å². The molecule has 2 rings (SSSR count). The molecule has 5 heteroatoms. The second-order valence-electron chi connectivity index (χ2n) is 5.31. The summed E-state index contributed by atoms with van der Waals surface area (Å²) < 4.78 is 0. The van der Waals surface area contributed by atoms with E-state index in [2.05, 4.69) is 0 Å². The molecule has 0 saturated heterocycles. The summed E-state index contributed by atoms with van der Waals surface area (Å²) in [7, 11) is 0. The molecule has 3 nitrogen and oxygen atoms in total. The summed E-state index contributed by atoms with van der Waals surface area (Å²) in [6.07, 6.45) is 2.39. The summed E-state index contributed by atoms with van der Waals surface area (Å²) in [5.41, 5.74) is 0.185. The molecule has 0 aromatic heterocycles. The van der Waals surface area contributed by atoms with Crippen molar-refractivity contribution in [2.75, 3.05) is 0 Å². The van der Waals surface area contributed by atoms with Gasteiger partial charge in [0.25, 0.3) is 0 Å². The van der Waals surface area contributed by atoms with Crippen LogP contribution in [0.4, 0.5) is 0 Å². The molecule has 2 atom stereocenters. The van der Waals surface area contributed by atoms with Crippen LogP contribution < -0.4 is 0 Å². The van der Waals surface area contributed by atoms with E-state index in [-0.39, 0.29) is 34.5 Å². The lowest BCUT2D eigenvalue weighted by Crippen LogP contribution is -2.40. The van der Waals surface area contributed by atoms with Gasteiger partial charge in [-0.15, -0.1) is 0 Å². The van der Waals surface area contributed by atoms with Crippen molar-refractivity contribution >= 4 is 40.6 Å². The summed E-state index contributed by atoms with van der Waals surface area (Å²) in [5.74, 6) is -2.47. The molecule has 1 aromatic rings. The van der Waals surface area contributed by atoms with Crippen LogP contribution in [0.15, 0.2) is 18.2 Å². The maximum atomic E-state index is 12.5. The molecular formula is C16H16Cl2O3. The minimum absolute atomic E-state index is 0.172. The molecule has 0 amide bonds. The highest BCUT2D eigenvalue weighted by atomic mass is 35.5. The predicted molar refractivity (Wildman–Crippen MR) is 81.9 cm³/mol. The molecule has 21 heavy (non-hydrogen) atoms. The van der Waals surface area contributed by atoms with Crippen LogP contribution in [0.2, 0.25) is 10.0 Å². The lowest BCUT2D eigenvalue weighted by Gasteiger charge is -2.26. The lowest BCUT2D eigenvalue weighted by atomic mass is 9.74. The Morgan fingerprint density at radius 1 is 1.29 bits per heavy atom. The van der Waals surface area contributed by atoms with Crippen molar-refractivity contribution in [3.8, 4) is 0 Å². The SMILES string of the molecule is CCCC1CCC(=O)C(C(=O)c2ccc(Cl)cc2Cl)C1=O. The lowest BCUT2D eigenvalue weighted by molar-refractivity contribution is -0.136. The standard InChI is InChI=1S/C16H16Cl2O3/c1-2-3-9-4-7-13(19)14(15(9)20)16(21)11-6-5-10(17)8-12(11)18/h5-6,8-9,14H,2-4,7H2,1H3. The zero-order valence-electron chi connectivity index (χ0n) is 11.7. The molecule has 1 aliphatic rings. The summed E-state index contributed by atoms with van der Waals surface area (Å²) in [4.78, 5) is 37.0. The Hall–Kier alpha value is -1.19.